The number of benzene rings is 1. The molecule has 2 aromatic rings. The van der Waals surface area contributed by atoms with Crippen LogP contribution in [-0.2, 0) is 11.3 Å². The van der Waals surface area contributed by atoms with Crippen molar-refractivity contribution < 1.29 is 4.79 Å². The van der Waals surface area contributed by atoms with Gasteiger partial charge in [-0.1, -0.05) is 17.3 Å². The third kappa shape index (κ3) is 2.99. The molecule has 0 saturated carbocycles. The van der Waals surface area contributed by atoms with Gasteiger partial charge in [-0.3, -0.25) is 9.59 Å². The first-order valence-corrected chi connectivity index (χ1v) is 7.44. The van der Waals surface area contributed by atoms with Crippen molar-refractivity contribution in [1.29, 1.82) is 0 Å². The molecule has 0 unspecified atom stereocenters. The van der Waals surface area contributed by atoms with Crippen LogP contribution in [0.1, 0.15) is 6.42 Å². The van der Waals surface area contributed by atoms with Crippen molar-refractivity contribution in [2.45, 2.75) is 13.0 Å². The molecule has 116 valence electrons. The van der Waals surface area contributed by atoms with E-state index in [1.807, 2.05) is 18.0 Å². The summed E-state index contributed by atoms with van der Waals surface area (Å²) in [4.78, 5) is 28.5. The van der Waals surface area contributed by atoms with Crippen LogP contribution in [0.3, 0.4) is 0 Å². The molecule has 0 spiro atoms. The second kappa shape index (κ2) is 6.23. The summed E-state index contributed by atoms with van der Waals surface area (Å²) in [6, 6.07) is 7.09. The Balaban J connectivity index is 1.68. The summed E-state index contributed by atoms with van der Waals surface area (Å²) in [6.07, 6.45) is 0.274. The van der Waals surface area contributed by atoms with Crippen LogP contribution in [-0.4, -0.2) is 63.9 Å². The molecule has 3 rings (SSSR count). The lowest BCUT2D eigenvalue weighted by Gasteiger charge is -2.32. The summed E-state index contributed by atoms with van der Waals surface area (Å²) in [7, 11) is 2.05. The number of aromatic nitrogens is 3. The van der Waals surface area contributed by atoms with E-state index in [-0.39, 0.29) is 24.4 Å². The third-order valence-corrected chi connectivity index (χ3v) is 4.02. The van der Waals surface area contributed by atoms with Gasteiger partial charge in [0.25, 0.3) is 5.56 Å². The maximum Gasteiger partial charge on any atom is 0.277 e. The van der Waals surface area contributed by atoms with E-state index in [0.29, 0.717) is 10.9 Å². The highest BCUT2D eigenvalue weighted by atomic mass is 16.2. The number of nitrogens with zero attached hydrogens (tertiary/aromatic N) is 5. The molecule has 22 heavy (non-hydrogen) atoms. The van der Waals surface area contributed by atoms with Crippen LogP contribution in [0.4, 0.5) is 0 Å². The Bertz CT molecular complexity index is 734. The van der Waals surface area contributed by atoms with Crippen molar-refractivity contribution in [3.8, 4) is 0 Å². The molecular formula is C15H19N5O2. The van der Waals surface area contributed by atoms with Crippen LogP contribution in [0.15, 0.2) is 29.1 Å². The van der Waals surface area contributed by atoms with Crippen molar-refractivity contribution in [3.05, 3.63) is 34.6 Å². The van der Waals surface area contributed by atoms with Crippen molar-refractivity contribution >= 4 is 16.8 Å². The zero-order valence-electron chi connectivity index (χ0n) is 12.6. The van der Waals surface area contributed by atoms with E-state index in [2.05, 4.69) is 15.2 Å². The molecule has 7 nitrogen and oxygen atoms in total. The Labute approximate surface area is 128 Å². The first kappa shape index (κ1) is 14.6. The molecule has 1 aliphatic heterocycles. The van der Waals surface area contributed by atoms with Crippen molar-refractivity contribution in [2.75, 3.05) is 33.2 Å². The molecule has 0 bridgehead atoms. The second-order valence-corrected chi connectivity index (χ2v) is 5.57. The van der Waals surface area contributed by atoms with Crippen LogP contribution >= 0.6 is 0 Å². The number of hydrogen-bond acceptors (Lipinski definition) is 5. The van der Waals surface area contributed by atoms with Crippen molar-refractivity contribution in [1.82, 2.24) is 24.8 Å². The topological polar surface area (TPSA) is 71.3 Å². The Hall–Kier alpha value is -2.28. The molecular weight excluding hydrogens is 282 g/mol. The van der Waals surface area contributed by atoms with Crippen LogP contribution in [0.5, 0.6) is 0 Å². The fourth-order valence-electron chi connectivity index (χ4n) is 2.59. The molecule has 2 heterocycles. The van der Waals surface area contributed by atoms with E-state index in [4.69, 9.17) is 0 Å². The van der Waals surface area contributed by atoms with Crippen LogP contribution in [0.25, 0.3) is 10.9 Å². The van der Waals surface area contributed by atoms with Crippen molar-refractivity contribution in [2.24, 2.45) is 0 Å². The number of carbonyl (C=O) groups is 1. The highest BCUT2D eigenvalue weighted by Crippen LogP contribution is 2.05. The largest absolute Gasteiger partial charge is 0.340 e. The van der Waals surface area contributed by atoms with Gasteiger partial charge >= 0.3 is 0 Å². The number of aryl methyl sites for hydroxylation is 1. The molecule has 1 fully saturated rings. The van der Waals surface area contributed by atoms with Gasteiger partial charge in [0.05, 0.1) is 11.9 Å². The molecule has 7 heteroatoms. The zero-order chi connectivity index (χ0) is 15.5. The minimum absolute atomic E-state index is 0.0648. The van der Waals surface area contributed by atoms with E-state index in [1.165, 1.54) is 4.68 Å². The van der Waals surface area contributed by atoms with Gasteiger partial charge in [-0.15, -0.1) is 5.10 Å². The maximum atomic E-state index is 12.3. The molecule has 0 atom stereocenters. The zero-order valence-corrected chi connectivity index (χ0v) is 12.6. The van der Waals surface area contributed by atoms with E-state index in [9.17, 15) is 9.59 Å². The van der Waals surface area contributed by atoms with Gasteiger partial charge in [0.15, 0.2) is 0 Å². The molecule has 0 radical (unpaired) electrons. The van der Waals surface area contributed by atoms with Gasteiger partial charge in [-0.25, -0.2) is 4.68 Å². The summed E-state index contributed by atoms with van der Waals surface area (Å²) < 4.78 is 1.27. The van der Waals surface area contributed by atoms with Crippen LogP contribution < -0.4 is 5.56 Å². The highest BCUT2D eigenvalue weighted by Gasteiger charge is 2.19. The standard InChI is InChI=1S/C15H19N5O2/c1-18-8-10-19(11-9-18)14(21)6-7-20-15(22)12-4-2-3-5-13(12)16-17-20/h2-5H,6-11H2,1H3. The number of amides is 1. The predicted molar refractivity (Wildman–Crippen MR) is 82.5 cm³/mol. The first-order chi connectivity index (χ1) is 10.6. The van der Waals surface area contributed by atoms with Crippen LogP contribution in [0.2, 0.25) is 0 Å². The minimum atomic E-state index is -0.197. The number of likely N-dealkylation sites (N-methyl/N-ethyl adjacent to an activating group) is 1. The monoisotopic (exact) mass is 301 g/mol. The van der Waals surface area contributed by atoms with E-state index in [1.54, 1.807) is 18.2 Å². The predicted octanol–water partition coefficient (Wildman–Crippen LogP) is -0.0444. The van der Waals surface area contributed by atoms with Gasteiger partial charge in [-0.05, 0) is 19.2 Å². The minimum Gasteiger partial charge on any atom is -0.340 e. The van der Waals surface area contributed by atoms with E-state index in [0.717, 1.165) is 26.2 Å². The van der Waals surface area contributed by atoms with E-state index < -0.39 is 0 Å². The molecule has 1 aliphatic rings. The summed E-state index contributed by atoms with van der Waals surface area (Å²) in [5.74, 6) is 0.0648. The Morgan fingerprint density at radius 2 is 1.91 bits per heavy atom. The van der Waals surface area contributed by atoms with Gasteiger partial charge in [0.2, 0.25) is 5.91 Å². The second-order valence-electron chi connectivity index (χ2n) is 5.57. The van der Waals surface area contributed by atoms with Crippen LogP contribution in [0, 0.1) is 0 Å². The van der Waals surface area contributed by atoms with Gasteiger partial charge in [0.1, 0.15) is 5.52 Å². The molecule has 1 saturated heterocycles. The SMILES string of the molecule is CN1CCN(C(=O)CCn2nnc3ccccc3c2=O)CC1. The van der Waals surface area contributed by atoms with Gasteiger partial charge in [-0.2, -0.15) is 0 Å². The summed E-state index contributed by atoms with van der Waals surface area (Å²) in [6.45, 7) is 3.53. The summed E-state index contributed by atoms with van der Waals surface area (Å²) >= 11 is 0. The fraction of sp³-hybridized carbons (Fsp3) is 0.467. The molecule has 0 aliphatic carbocycles. The average molecular weight is 301 g/mol. The average Bonchev–Trinajstić information content (AvgIpc) is 2.55. The number of rotatable bonds is 3. The molecule has 1 aromatic heterocycles. The first-order valence-electron chi connectivity index (χ1n) is 7.44. The lowest BCUT2D eigenvalue weighted by molar-refractivity contribution is -0.133. The Morgan fingerprint density at radius 3 is 2.68 bits per heavy atom. The molecule has 0 N–H and O–H groups in total. The summed E-state index contributed by atoms with van der Waals surface area (Å²) in [5.41, 5.74) is 0.380. The molecule has 1 aromatic carbocycles. The fourth-order valence-corrected chi connectivity index (χ4v) is 2.59. The van der Waals surface area contributed by atoms with Gasteiger partial charge < -0.3 is 9.80 Å². The van der Waals surface area contributed by atoms with Gasteiger partial charge in [0, 0.05) is 32.6 Å². The normalized spacial score (nSPS) is 16.1. The smallest absolute Gasteiger partial charge is 0.277 e. The third-order valence-electron chi connectivity index (χ3n) is 4.02. The summed E-state index contributed by atoms with van der Waals surface area (Å²) in [5, 5.41) is 8.47. The number of hydrogen-bond donors (Lipinski definition) is 0. The maximum absolute atomic E-state index is 12.3. The number of fused-ring (bicyclic) bond motifs is 1. The lowest BCUT2D eigenvalue weighted by atomic mass is 10.2. The quantitative estimate of drug-likeness (QED) is 0.795. The lowest BCUT2D eigenvalue weighted by Crippen LogP contribution is -2.47. The molecule has 1 amide bonds. The number of carbonyl (C=O) groups excluding carboxylic acids is 1. The van der Waals surface area contributed by atoms with E-state index >= 15 is 0 Å². The Morgan fingerprint density at radius 1 is 1.18 bits per heavy atom. The number of piperazine rings is 1. The van der Waals surface area contributed by atoms with Crippen molar-refractivity contribution in [3.63, 3.8) is 0 Å². The highest BCUT2D eigenvalue weighted by molar-refractivity contribution is 5.77. The Kier molecular flexibility index (Phi) is 4.15.